The highest BCUT2D eigenvalue weighted by molar-refractivity contribution is 9.10. The van der Waals surface area contributed by atoms with E-state index >= 15 is 0 Å². The lowest BCUT2D eigenvalue weighted by Gasteiger charge is -2.08. The van der Waals surface area contributed by atoms with E-state index in [1.807, 2.05) is 26.1 Å². The summed E-state index contributed by atoms with van der Waals surface area (Å²) in [7, 11) is 0. The number of halogens is 1. The van der Waals surface area contributed by atoms with Gasteiger partial charge in [0.2, 0.25) is 0 Å². The molecule has 1 N–H and O–H groups in total. The number of benzene rings is 1. The number of nitrogens with zero attached hydrogens (tertiary/aromatic N) is 1. The highest BCUT2D eigenvalue weighted by Gasteiger charge is 2.15. The van der Waals surface area contributed by atoms with Crippen LogP contribution in [0.25, 0.3) is 10.9 Å². The molecule has 0 unspecified atom stereocenters. The van der Waals surface area contributed by atoms with Gasteiger partial charge in [-0.05, 0) is 31.5 Å². The van der Waals surface area contributed by atoms with Crippen molar-refractivity contribution in [2.75, 3.05) is 0 Å². The fourth-order valence-corrected chi connectivity index (χ4v) is 2.56. The molecule has 2 rings (SSSR count). The van der Waals surface area contributed by atoms with E-state index in [4.69, 9.17) is 5.11 Å². The van der Waals surface area contributed by atoms with Crippen LogP contribution in [0.3, 0.4) is 0 Å². The highest BCUT2D eigenvalue weighted by atomic mass is 79.9. The van der Waals surface area contributed by atoms with Crippen LogP contribution >= 0.6 is 15.9 Å². The largest absolute Gasteiger partial charge is 0.478 e. The van der Waals surface area contributed by atoms with E-state index < -0.39 is 5.97 Å². The molecule has 0 aliphatic rings. The zero-order valence-electron chi connectivity index (χ0n) is 9.12. The lowest BCUT2D eigenvalue weighted by molar-refractivity contribution is 0.0696. The molecule has 16 heavy (non-hydrogen) atoms. The van der Waals surface area contributed by atoms with Crippen molar-refractivity contribution in [3.8, 4) is 0 Å². The smallest absolute Gasteiger partial charge is 0.336 e. The number of aromatic nitrogens is 1. The van der Waals surface area contributed by atoms with Crippen molar-refractivity contribution in [2.45, 2.75) is 20.4 Å². The van der Waals surface area contributed by atoms with Crippen LogP contribution in [0.4, 0.5) is 0 Å². The van der Waals surface area contributed by atoms with Crippen LogP contribution in [-0.4, -0.2) is 15.6 Å². The Morgan fingerprint density at radius 2 is 2.25 bits per heavy atom. The summed E-state index contributed by atoms with van der Waals surface area (Å²) in [6.45, 7) is 4.73. The van der Waals surface area contributed by atoms with E-state index in [0.29, 0.717) is 5.56 Å². The van der Waals surface area contributed by atoms with Gasteiger partial charge in [-0.1, -0.05) is 15.9 Å². The zero-order chi connectivity index (χ0) is 11.9. The number of carbonyl (C=O) groups is 1. The molecular formula is C12H12BrNO2. The molecule has 1 heterocycles. The van der Waals surface area contributed by atoms with E-state index in [9.17, 15) is 4.79 Å². The molecule has 2 aromatic rings. The van der Waals surface area contributed by atoms with Gasteiger partial charge in [0.05, 0.1) is 11.1 Å². The first-order chi connectivity index (χ1) is 7.56. The Balaban J connectivity index is 2.89. The van der Waals surface area contributed by atoms with Gasteiger partial charge < -0.3 is 9.67 Å². The normalized spacial score (nSPS) is 10.9. The first-order valence-electron chi connectivity index (χ1n) is 5.07. The van der Waals surface area contributed by atoms with Gasteiger partial charge in [0, 0.05) is 22.6 Å². The molecule has 84 valence electrons. The third-order valence-corrected chi connectivity index (χ3v) is 3.48. The molecular weight excluding hydrogens is 270 g/mol. The molecule has 0 bridgehead atoms. The molecule has 1 aromatic carbocycles. The Kier molecular flexibility index (Phi) is 2.76. The van der Waals surface area contributed by atoms with Crippen LogP contribution in [0.5, 0.6) is 0 Å². The van der Waals surface area contributed by atoms with Gasteiger partial charge in [-0.3, -0.25) is 0 Å². The summed E-state index contributed by atoms with van der Waals surface area (Å²) in [5.41, 5.74) is 2.17. The number of aryl methyl sites for hydroxylation is 2. The number of carboxylic acids is 1. The van der Waals surface area contributed by atoms with E-state index in [1.165, 1.54) is 0 Å². The average Bonchev–Trinajstić information content (AvgIpc) is 2.67. The molecule has 0 radical (unpaired) electrons. The van der Waals surface area contributed by atoms with E-state index in [-0.39, 0.29) is 0 Å². The fourth-order valence-electron chi connectivity index (χ4n) is 2.01. The molecule has 0 fully saturated rings. The molecule has 0 spiro atoms. The standard InChI is InChI=1S/C12H12BrNO2/c1-3-14-5-4-8-10(13)6-9(12(15)16)7(2)11(8)14/h4-6H,3H2,1-2H3,(H,15,16). The molecule has 0 atom stereocenters. The summed E-state index contributed by atoms with van der Waals surface area (Å²) in [4.78, 5) is 11.1. The number of carboxylic acid groups (broad SMARTS) is 1. The van der Waals surface area contributed by atoms with Crippen LogP contribution in [0.1, 0.15) is 22.8 Å². The van der Waals surface area contributed by atoms with Crippen molar-refractivity contribution in [1.82, 2.24) is 4.57 Å². The fraction of sp³-hybridized carbons (Fsp3) is 0.250. The predicted molar refractivity (Wildman–Crippen MR) is 67.0 cm³/mol. The van der Waals surface area contributed by atoms with Gasteiger partial charge in [0.25, 0.3) is 0 Å². The van der Waals surface area contributed by atoms with Crippen LogP contribution in [0.2, 0.25) is 0 Å². The van der Waals surface area contributed by atoms with Crippen LogP contribution in [-0.2, 0) is 6.54 Å². The Morgan fingerprint density at radius 3 is 2.81 bits per heavy atom. The van der Waals surface area contributed by atoms with Crippen LogP contribution in [0, 0.1) is 6.92 Å². The van der Waals surface area contributed by atoms with Crippen molar-refractivity contribution in [2.24, 2.45) is 0 Å². The minimum absolute atomic E-state index is 0.354. The van der Waals surface area contributed by atoms with Gasteiger partial charge in [0.15, 0.2) is 0 Å². The molecule has 0 saturated heterocycles. The Labute approximate surface area is 102 Å². The maximum Gasteiger partial charge on any atom is 0.336 e. The summed E-state index contributed by atoms with van der Waals surface area (Å²) >= 11 is 3.42. The second-order valence-electron chi connectivity index (χ2n) is 3.70. The number of hydrogen-bond acceptors (Lipinski definition) is 1. The first-order valence-corrected chi connectivity index (χ1v) is 5.86. The average molecular weight is 282 g/mol. The van der Waals surface area contributed by atoms with Crippen molar-refractivity contribution in [3.63, 3.8) is 0 Å². The lowest BCUT2D eigenvalue weighted by Crippen LogP contribution is -2.02. The quantitative estimate of drug-likeness (QED) is 0.916. The number of fused-ring (bicyclic) bond motifs is 1. The molecule has 4 heteroatoms. The van der Waals surface area contributed by atoms with Crippen molar-refractivity contribution in [3.05, 3.63) is 33.9 Å². The summed E-state index contributed by atoms with van der Waals surface area (Å²) in [6.07, 6.45) is 1.98. The predicted octanol–water partition coefficient (Wildman–Crippen LogP) is 3.43. The SMILES string of the molecule is CCn1ccc2c(Br)cc(C(=O)O)c(C)c21. The van der Waals surface area contributed by atoms with Crippen molar-refractivity contribution in [1.29, 1.82) is 0 Å². The van der Waals surface area contributed by atoms with Gasteiger partial charge in [-0.25, -0.2) is 4.79 Å². The molecule has 0 amide bonds. The molecule has 0 aliphatic carbocycles. The van der Waals surface area contributed by atoms with Gasteiger partial charge in [-0.15, -0.1) is 0 Å². The van der Waals surface area contributed by atoms with Gasteiger partial charge >= 0.3 is 5.97 Å². The third-order valence-electron chi connectivity index (χ3n) is 2.82. The minimum Gasteiger partial charge on any atom is -0.478 e. The maximum atomic E-state index is 11.1. The van der Waals surface area contributed by atoms with E-state index in [0.717, 1.165) is 27.5 Å². The Bertz CT molecular complexity index is 572. The molecule has 0 aliphatic heterocycles. The first kappa shape index (κ1) is 11.2. The lowest BCUT2D eigenvalue weighted by atomic mass is 10.1. The van der Waals surface area contributed by atoms with Crippen LogP contribution in [0.15, 0.2) is 22.8 Å². The van der Waals surface area contributed by atoms with Gasteiger partial charge in [-0.2, -0.15) is 0 Å². The second-order valence-corrected chi connectivity index (χ2v) is 4.55. The molecule has 0 saturated carbocycles. The maximum absolute atomic E-state index is 11.1. The topological polar surface area (TPSA) is 42.2 Å². The summed E-state index contributed by atoms with van der Waals surface area (Å²) in [5, 5.41) is 10.2. The second kappa shape index (κ2) is 3.94. The van der Waals surface area contributed by atoms with E-state index in [1.54, 1.807) is 6.07 Å². The van der Waals surface area contributed by atoms with Crippen LogP contribution < -0.4 is 0 Å². The highest BCUT2D eigenvalue weighted by Crippen LogP contribution is 2.30. The van der Waals surface area contributed by atoms with Crippen molar-refractivity contribution < 1.29 is 9.90 Å². The number of aromatic carboxylic acids is 1. The summed E-state index contributed by atoms with van der Waals surface area (Å²) < 4.78 is 2.89. The molecule has 3 nitrogen and oxygen atoms in total. The Morgan fingerprint density at radius 1 is 1.56 bits per heavy atom. The van der Waals surface area contributed by atoms with E-state index in [2.05, 4.69) is 20.5 Å². The monoisotopic (exact) mass is 281 g/mol. The minimum atomic E-state index is -0.885. The third kappa shape index (κ3) is 1.53. The molecule has 1 aromatic heterocycles. The summed E-state index contributed by atoms with van der Waals surface area (Å²) in [5.74, 6) is -0.885. The summed E-state index contributed by atoms with van der Waals surface area (Å²) in [6, 6.07) is 3.67. The number of rotatable bonds is 2. The number of hydrogen-bond donors (Lipinski definition) is 1. The van der Waals surface area contributed by atoms with Gasteiger partial charge in [0.1, 0.15) is 0 Å². The zero-order valence-corrected chi connectivity index (χ0v) is 10.7. The Hall–Kier alpha value is -1.29. The van der Waals surface area contributed by atoms with Crippen molar-refractivity contribution >= 4 is 32.8 Å².